The quantitative estimate of drug-likeness (QED) is 0.646. The van der Waals surface area contributed by atoms with Crippen LogP contribution >= 0.6 is 0 Å². The first-order valence-electron chi connectivity index (χ1n) is 7.77. The van der Waals surface area contributed by atoms with Crippen molar-refractivity contribution in [1.29, 1.82) is 0 Å². The summed E-state index contributed by atoms with van der Waals surface area (Å²) in [5.41, 5.74) is 1.27. The predicted octanol–water partition coefficient (Wildman–Crippen LogP) is 2.98. The highest BCUT2D eigenvalue weighted by Gasteiger charge is 2.23. The molecular formula is C16H25N3O2. The zero-order valence-corrected chi connectivity index (χ0v) is 12.9. The molecule has 1 N–H and O–H groups in total. The second kappa shape index (κ2) is 7.52. The van der Waals surface area contributed by atoms with E-state index in [0.29, 0.717) is 5.92 Å². The van der Waals surface area contributed by atoms with Gasteiger partial charge in [-0.05, 0) is 24.3 Å². The third-order valence-electron chi connectivity index (χ3n) is 4.08. The molecule has 5 nitrogen and oxygen atoms in total. The summed E-state index contributed by atoms with van der Waals surface area (Å²) in [6, 6.07) is 7.43. The maximum Gasteiger partial charge on any atom is 0.269 e. The molecule has 0 aliphatic carbocycles. The van der Waals surface area contributed by atoms with Crippen LogP contribution in [0.2, 0.25) is 0 Å². The molecule has 0 amide bonds. The topological polar surface area (TPSA) is 58.4 Å². The van der Waals surface area contributed by atoms with Crippen LogP contribution in [0.25, 0.3) is 0 Å². The van der Waals surface area contributed by atoms with Gasteiger partial charge in [-0.2, -0.15) is 0 Å². The lowest BCUT2D eigenvalue weighted by molar-refractivity contribution is -0.385. The Morgan fingerprint density at radius 1 is 1.29 bits per heavy atom. The molecule has 116 valence electrons. The monoisotopic (exact) mass is 291 g/mol. The van der Waals surface area contributed by atoms with Gasteiger partial charge >= 0.3 is 0 Å². The molecular weight excluding hydrogens is 266 g/mol. The van der Waals surface area contributed by atoms with Crippen molar-refractivity contribution in [2.75, 3.05) is 26.2 Å². The fourth-order valence-corrected chi connectivity index (χ4v) is 2.89. The number of nitro benzene ring substituents is 1. The van der Waals surface area contributed by atoms with E-state index in [1.54, 1.807) is 18.2 Å². The van der Waals surface area contributed by atoms with Crippen LogP contribution in [-0.4, -0.2) is 36.0 Å². The number of hydrogen-bond donors (Lipinski definition) is 1. The van der Waals surface area contributed by atoms with Gasteiger partial charge in [-0.25, -0.2) is 0 Å². The Balaban J connectivity index is 2.20. The van der Waals surface area contributed by atoms with Gasteiger partial charge in [-0.3, -0.25) is 15.0 Å². The summed E-state index contributed by atoms with van der Waals surface area (Å²) < 4.78 is 0. The fourth-order valence-electron chi connectivity index (χ4n) is 2.89. The molecule has 2 rings (SSSR count). The van der Waals surface area contributed by atoms with Gasteiger partial charge in [0.2, 0.25) is 0 Å². The molecule has 0 radical (unpaired) electrons. The third kappa shape index (κ3) is 4.51. The third-order valence-corrected chi connectivity index (χ3v) is 4.08. The Morgan fingerprint density at radius 2 is 2.00 bits per heavy atom. The smallest absolute Gasteiger partial charge is 0.269 e. The van der Waals surface area contributed by atoms with Crippen molar-refractivity contribution in [3.8, 4) is 0 Å². The van der Waals surface area contributed by atoms with Crippen molar-refractivity contribution in [2.24, 2.45) is 5.92 Å². The second-order valence-corrected chi connectivity index (χ2v) is 6.13. The van der Waals surface area contributed by atoms with Gasteiger partial charge in [0.15, 0.2) is 0 Å². The molecule has 1 saturated heterocycles. The summed E-state index contributed by atoms with van der Waals surface area (Å²) in [5.74, 6) is 0.647. The molecule has 1 aromatic carbocycles. The predicted molar refractivity (Wildman–Crippen MR) is 84.4 cm³/mol. The number of nitrogens with one attached hydrogen (secondary N) is 1. The molecule has 1 heterocycles. The zero-order chi connectivity index (χ0) is 15.2. The van der Waals surface area contributed by atoms with Crippen LogP contribution in [0.3, 0.4) is 0 Å². The Labute approximate surface area is 126 Å². The molecule has 21 heavy (non-hydrogen) atoms. The molecule has 5 heteroatoms. The van der Waals surface area contributed by atoms with E-state index in [-0.39, 0.29) is 16.7 Å². The van der Waals surface area contributed by atoms with Crippen molar-refractivity contribution in [1.82, 2.24) is 10.2 Å². The summed E-state index contributed by atoms with van der Waals surface area (Å²) in [4.78, 5) is 13.2. The van der Waals surface area contributed by atoms with Gasteiger partial charge < -0.3 is 5.32 Å². The minimum absolute atomic E-state index is 0.192. The number of nitrogens with zero attached hydrogens (tertiary/aromatic N) is 2. The molecule has 0 saturated carbocycles. The number of rotatable bonds is 6. The standard InChI is InChI=1S/C16H25N3O2/c1-13(2)6-7-16(18-10-8-17-9-11-18)14-4-3-5-15(12-14)19(20)21/h3-5,12-13,16-17H,6-11H2,1-2H3/t16-/m1/s1. The second-order valence-electron chi connectivity index (χ2n) is 6.13. The van der Waals surface area contributed by atoms with E-state index >= 15 is 0 Å². The van der Waals surface area contributed by atoms with Gasteiger partial charge in [0.1, 0.15) is 0 Å². The van der Waals surface area contributed by atoms with Gasteiger partial charge in [-0.1, -0.05) is 26.0 Å². The maximum absolute atomic E-state index is 11.0. The lowest BCUT2D eigenvalue weighted by Crippen LogP contribution is -2.45. The lowest BCUT2D eigenvalue weighted by atomic mass is 9.95. The Hall–Kier alpha value is -1.46. The van der Waals surface area contributed by atoms with Crippen molar-refractivity contribution in [3.63, 3.8) is 0 Å². The highest BCUT2D eigenvalue weighted by Crippen LogP contribution is 2.29. The summed E-state index contributed by atoms with van der Waals surface area (Å²) >= 11 is 0. The first-order valence-corrected chi connectivity index (χ1v) is 7.77. The number of hydrogen-bond acceptors (Lipinski definition) is 4. The van der Waals surface area contributed by atoms with E-state index in [4.69, 9.17) is 0 Å². The molecule has 0 spiro atoms. The van der Waals surface area contributed by atoms with Gasteiger partial charge in [0.25, 0.3) is 5.69 Å². The van der Waals surface area contributed by atoms with Crippen molar-refractivity contribution in [2.45, 2.75) is 32.7 Å². The summed E-state index contributed by atoms with van der Waals surface area (Å²) in [5, 5.41) is 14.4. The normalized spacial score (nSPS) is 17.9. The molecule has 0 aromatic heterocycles. The van der Waals surface area contributed by atoms with Crippen LogP contribution in [0.15, 0.2) is 24.3 Å². The van der Waals surface area contributed by atoms with Gasteiger partial charge in [0, 0.05) is 44.4 Å². The lowest BCUT2D eigenvalue weighted by Gasteiger charge is -2.35. The summed E-state index contributed by atoms with van der Waals surface area (Å²) in [6.45, 7) is 8.45. The molecule has 1 aromatic rings. The summed E-state index contributed by atoms with van der Waals surface area (Å²) in [7, 11) is 0. The molecule has 1 fully saturated rings. The average molecular weight is 291 g/mol. The SMILES string of the molecule is CC(C)CC[C@H](c1cccc([N+](=O)[O-])c1)N1CCNCC1. The van der Waals surface area contributed by atoms with E-state index in [1.165, 1.54) is 0 Å². The minimum atomic E-state index is -0.305. The van der Waals surface area contributed by atoms with Crippen LogP contribution in [-0.2, 0) is 0 Å². The van der Waals surface area contributed by atoms with Crippen molar-refractivity contribution >= 4 is 5.69 Å². The number of nitro groups is 1. The first kappa shape index (κ1) is 15.9. The fraction of sp³-hybridized carbons (Fsp3) is 0.625. The Kier molecular flexibility index (Phi) is 5.70. The van der Waals surface area contributed by atoms with E-state index < -0.39 is 0 Å². The van der Waals surface area contributed by atoms with E-state index in [0.717, 1.165) is 44.6 Å². The zero-order valence-electron chi connectivity index (χ0n) is 12.9. The average Bonchev–Trinajstić information content (AvgIpc) is 2.48. The summed E-state index contributed by atoms with van der Waals surface area (Å²) in [6.07, 6.45) is 2.19. The number of non-ortho nitro benzene ring substituents is 1. The van der Waals surface area contributed by atoms with Crippen LogP contribution in [0.4, 0.5) is 5.69 Å². The minimum Gasteiger partial charge on any atom is -0.314 e. The Bertz CT molecular complexity index is 470. The molecule has 1 aliphatic rings. The van der Waals surface area contributed by atoms with E-state index in [1.807, 2.05) is 6.07 Å². The Morgan fingerprint density at radius 3 is 2.62 bits per heavy atom. The molecule has 1 atom stereocenters. The van der Waals surface area contributed by atoms with Gasteiger partial charge in [0.05, 0.1) is 4.92 Å². The highest BCUT2D eigenvalue weighted by molar-refractivity contribution is 5.36. The van der Waals surface area contributed by atoms with Crippen LogP contribution < -0.4 is 5.32 Å². The van der Waals surface area contributed by atoms with E-state index in [2.05, 4.69) is 24.1 Å². The van der Waals surface area contributed by atoms with Gasteiger partial charge in [-0.15, -0.1) is 0 Å². The molecule has 1 aliphatic heterocycles. The highest BCUT2D eigenvalue weighted by atomic mass is 16.6. The van der Waals surface area contributed by atoms with Crippen molar-refractivity contribution in [3.05, 3.63) is 39.9 Å². The molecule has 0 unspecified atom stereocenters. The van der Waals surface area contributed by atoms with Crippen LogP contribution in [0.5, 0.6) is 0 Å². The maximum atomic E-state index is 11.0. The van der Waals surface area contributed by atoms with E-state index in [9.17, 15) is 10.1 Å². The van der Waals surface area contributed by atoms with Crippen LogP contribution in [0.1, 0.15) is 38.3 Å². The van der Waals surface area contributed by atoms with Crippen molar-refractivity contribution < 1.29 is 4.92 Å². The molecule has 0 bridgehead atoms. The largest absolute Gasteiger partial charge is 0.314 e. The van der Waals surface area contributed by atoms with Crippen LogP contribution in [0, 0.1) is 16.0 Å². The first-order chi connectivity index (χ1) is 10.1. The number of piperazine rings is 1. The number of benzene rings is 1.